The Balaban J connectivity index is 1.50. The molecule has 3 rings (SSSR count). The maximum Gasteiger partial charge on any atom is 0.326 e. The van der Waals surface area contributed by atoms with Crippen LogP contribution < -0.4 is 5.32 Å². The first kappa shape index (κ1) is 21.2. The summed E-state index contributed by atoms with van der Waals surface area (Å²) in [6, 6.07) is 20.8. The summed E-state index contributed by atoms with van der Waals surface area (Å²) in [6.07, 6.45) is 0.129. The summed E-state index contributed by atoms with van der Waals surface area (Å²) in [6.45, 7) is 3.29. The van der Waals surface area contributed by atoms with E-state index in [9.17, 15) is 14.4 Å². The molecule has 0 bridgehead atoms. The van der Waals surface area contributed by atoms with Gasteiger partial charge in [-0.1, -0.05) is 73.7 Å². The molecule has 5 nitrogen and oxygen atoms in total. The van der Waals surface area contributed by atoms with Crippen LogP contribution in [0.1, 0.15) is 35.3 Å². The summed E-state index contributed by atoms with van der Waals surface area (Å²) >= 11 is 0. The Hall–Kier alpha value is -3.47. The van der Waals surface area contributed by atoms with Crippen molar-refractivity contribution < 1.29 is 19.1 Å². The third-order valence-electron chi connectivity index (χ3n) is 4.98. The van der Waals surface area contributed by atoms with E-state index in [0.29, 0.717) is 5.56 Å². The van der Waals surface area contributed by atoms with Crippen LogP contribution in [-0.4, -0.2) is 30.3 Å². The lowest BCUT2D eigenvalue weighted by Gasteiger charge is -2.13. The fourth-order valence-electron chi connectivity index (χ4n) is 3.28. The molecule has 0 unspecified atom stereocenters. The van der Waals surface area contributed by atoms with Gasteiger partial charge in [0.1, 0.15) is 6.54 Å². The van der Waals surface area contributed by atoms with Crippen molar-refractivity contribution in [3.8, 4) is 0 Å². The number of benzene rings is 3. The molecule has 0 aliphatic heterocycles. The third-order valence-corrected chi connectivity index (χ3v) is 4.98. The Morgan fingerprint density at radius 1 is 0.933 bits per heavy atom. The monoisotopic (exact) mass is 403 g/mol. The van der Waals surface area contributed by atoms with E-state index in [1.54, 1.807) is 12.1 Å². The summed E-state index contributed by atoms with van der Waals surface area (Å²) in [7, 11) is 0. The molecule has 154 valence electrons. The SMILES string of the molecule is CCc1ccc(C(=O)[C@@H](C)OC(=O)CNC(=O)Cc2cccc3ccccc23)cc1. The van der Waals surface area contributed by atoms with Gasteiger partial charge in [-0.05, 0) is 35.2 Å². The highest BCUT2D eigenvalue weighted by Gasteiger charge is 2.20. The second kappa shape index (κ2) is 9.83. The molecule has 1 N–H and O–H groups in total. The molecule has 1 atom stereocenters. The first-order chi connectivity index (χ1) is 14.5. The zero-order valence-electron chi connectivity index (χ0n) is 17.2. The van der Waals surface area contributed by atoms with Crippen LogP contribution in [0.15, 0.2) is 66.7 Å². The number of carbonyl (C=O) groups is 3. The van der Waals surface area contributed by atoms with Crippen LogP contribution in [0.3, 0.4) is 0 Å². The van der Waals surface area contributed by atoms with Crippen molar-refractivity contribution in [1.82, 2.24) is 5.32 Å². The van der Waals surface area contributed by atoms with E-state index >= 15 is 0 Å². The lowest BCUT2D eigenvalue weighted by atomic mass is 10.0. The lowest BCUT2D eigenvalue weighted by Crippen LogP contribution is -2.34. The van der Waals surface area contributed by atoms with E-state index in [0.717, 1.165) is 28.3 Å². The number of carbonyl (C=O) groups excluding carboxylic acids is 3. The van der Waals surface area contributed by atoms with Gasteiger partial charge in [0.2, 0.25) is 11.7 Å². The van der Waals surface area contributed by atoms with Crippen molar-refractivity contribution in [3.05, 3.63) is 83.4 Å². The average Bonchev–Trinajstić information content (AvgIpc) is 2.77. The first-order valence-corrected chi connectivity index (χ1v) is 10.0. The standard InChI is InChI=1S/C25H25NO4/c1-3-18-11-13-20(14-12-18)25(29)17(2)30-24(28)16-26-23(27)15-21-9-6-8-19-7-4-5-10-22(19)21/h4-14,17H,3,15-16H2,1-2H3,(H,26,27)/t17-/m1/s1. The second-order valence-corrected chi connectivity index (χ2v) is 7.14. The van der Waals surface area contributed by atoms with Crippen molar-refractivity contribution in [2.45, 2.75) is 32.8 Å². The molecule has 0 fully saturated rings. The number of aryl methyl sites for hydroxylation is 1. The highest BCUT2D eigenvalue weighted by molar-refractivity contribution is 6.00. The van der Waals surface area contributed by atoms with Gasteiger partial charge in [-0.2, -0.15) is 0 Å². The van der Waals surface area contributed by atoms with Gasteiger partial charge in [-0.3, -0.25) is 14.4 Å². The van der Waals surface area contributed by atoms with Gasteiger partial charge in [-0.25, -0.2) is 0 Å². The summed E-state index contributed by atoms with van der Waals surface area (Å²) < 4.78 is 5.19. The molecule has 5 heteroatoms. The molecular formula is C25H25NO4. The number of hydrogen-bond donors (Lipinski definition) is 1. The molecule has 0 aliphatic carbocycles. The van der Waals surface area contributed by atoms with Crippen LogP contribution in [0.25, 0.3) is 10.8 Å². The van der Waals surface area contributed by atoms with Crippen LogP contribution in [0.2, 0.25) is 0 Å². The molecule has 1 amide bonds. The molecule has 0 heterocycles. The van der Waals surface area contributed by atoms with Gasteiger partial charge in [-0.15, -0.1) is 0 Å². The van der Waals surface area contributed by atoms with E-state index in [1.807, 2.05) is 61.5 Å². The van der Waals surface area contributed by atoms with Gasteiger partial charge in [0.15, 0.2) is 6.10 Å². The van der Waals surface area contributed by atoms with Gasteiger partial charge in [0.25, 0.3) is 0 Å². The Morgan fingerprint density at radius 2 is 1.63 bits per heavy atom. The molecule has 3 aromatic carbocycles. The highest BCUT2D eigenvalue weighted by atomic mass is 16.5. The molecule has 0 radical (unpaired) electrons. The highest BCUT2D eigenvalue weighted by Crippen LogP contribution is 2.18. The Bertz CT molecular complexity index is 1050. The molecule has 0 aliphatic rings. The normalized spacial score (nSPS) is 11.7. The minimum Gasteiger partial charge on any atom is -0.453 e. The number of esters is 1. The molecule has 0 aromatic heterocycles. The number of nitrogens with one attached hydrogen (secondary N) is 1. The Kier molecular flexibility index (Phi) is 6.96. The summed E-state index contributed by atoms with van der Waals surface area (Å²) in [5, 5.41) is 4.63. The number of rotatable bonds is 8. The van der Waals surface area contributed by atoms with Crippen LogP contribution in [0.4, 0.5) is 0 Å². The lowest BCUT2D eigenvalue weighted by molar-refractivity contribution is -0.146. The van der Waals surface area contributed by atoms with E-state index in [1.165, 1.54) is 6.92 Å². The number of hydrogen-bond acceptors (Lipinski definition) is 4. The second-order valence-electron chi connectivity index (χ2n) is 7.14. The Morgan fingerprint density at radius 3 is 2.37 bits per heavy atom. The van der Waals surface area contributed by atoms with Gasteiger partial charge >= 0.3 is 5.97 Å². The molecule has 30 heavy (non-hydrogen) atoms. The number of fused-ring (bicyclic) bond motifs is 1. The maximum atomic E-state index is 12.4. The quantitative estimate of drug-likeness (QED) is 0.458. The van der Waals surface area contributed by atoms with Crippen molar-refractivity contribution in [2.24, 2.45) is 0 Å². The van der Waals surface area contributed by atoms with Crippen molar-refractivity contribution >= 4 is 28.4 Å². The van der Waals surface area contributed by atoms with Crippen molar-refractivity contribution in [1.29, 1.82) is 0 Å². The first-order valence-electron chi connectivity index (χ1n) is 10.0. The predicted octanol–water partition coefficient (Wildman–Crippen LogP) is 3.88. The molecular weight excluding hydrogens is 378 g/mol. The summed E-state index contributed by atoms with van der Waals surface area (Å²) in [4.78, 5) is 36.8. The fraction of sp³-hybridized carbons (Fsp3) is 0.240. The molecule has 0 saturated heterocycles. The minimum atomic E-state index is -0.917. The van der Waals surface area contributed by atoms with Gasteiger partial charge in [0, 0.05) is 5.56 Å². The van der Waals surface area contributed by atoms with Crippen molar-refractivity contribution in [3.63, 3.8) is 0 Å². The van der Waals surface area contributed by atoms with E-state index in [2.05, 4.69) is 5.32 Å². The Labute approximate surface area is 176 Å². The van der Waals surface area contributed by atoms with Crippen LogP contribution in [-0.2, 0) is 27.2 Å². The van der Waals surface area contributed by atoms with Crippen molar-refractivity contribution in [2.75, 3.05) is 6.54 Å². The topological polar surface area (TPSA) is 72.5 Å². The fourth-order valence-corrected chi connectivity index (χ4v) is 3.28. The smallest absolute Gasteiger partial charge is 0.326 e. The van der Waals surface area contributed by atoms with E-state index in [4.69, 9.17) is 4.74 Å². The van der Waals surface area contributed by atoms with E-state index < -0.39 is 12.1 Å². The van der Waals surface area contributed by atoms with Crippen LogP contribution in [0, 0.1) is 0 Å². The number of amides is 1. The number of ether oxygens (including phenoxy) is 1. The van der Waals surface area contributed by atoms with E-state index in [-0.39, 0.29) is 24.7 Å². The molecule has 0 spiro atoms. The predicted molar refractivity (Wildman–Crippen MR) is 116 cm³/mol. The summed E-state index contributed by atoms with van der Waals surface area (Å²) in [5.41, 5.74) is 2.51. The largest absolute Gasteiger partial charge is 0.453 e. The average molecular weight is 403 g/mol. The van der Waals surface area contributed by atoms with Crippen LogP contribution >= 0.6 is 0 Å². The van der Waals surface area contributed by atoms with Gasteiger partial charge in [0.05, 0.1) is 6.42 Å². The maximum absolute atomic E-state index is 12.4. The van der Waals surface area contributed by atoms with Gasteiger partial charge < -0.3 is 10.1 Å². The zero-order chi connectivity index (χ0) is 21.5. The third kappa shape index (κ3) is 5.32. The minimum absolute atomic E-state index is 0.160. The molecule has 0 saturated carbocycles. The number of Topliss-reactive ketones (excluding diaryl/α,β-unsaturated/α-hetero) is 1. The molecule has 3 aromatic rings. The zero-order valence-corrected chi connectivity index (χ0v) is 17.2. The van der Waals surface area contributed by atoms with Crippen LogP contribution in [0.5, 0.6) is 0 Å². The summed E-state index contributed by atoms with van der Waals surface area (Å²) in [5.74, 6) is -1.20. The number of ketones is 1.